The van der Waals surface area contributed by atoms with Gasteiger partial charge in [0.05, 0.1) is 13.2 Å². The van der Waals surface area contributed by atoms with Crippen LogP contribution in [0.3, 0.4) is 0 Å². The van der Waals surface area contributed by atoms with Crippen LogP contribution in [0.5, 0.6) is 23.0 Å². The van der Waals surface area contributed by atoms with Crippen LogP contribution in [0.2, 0.25) is 0 Å². The van der Waals surface area contributed by atoms with E-state index < -0.39 is 11.9 Å². The Balaban J connectivity index is 1.53. The number of pyridine rings is 1. The van der Waals surface area contributed by atoms with Gasteiger partial charge in [0.25, 0.3) is 0 Å². The summed E-state index contributed by atoms with van der Waals surface area (Å²) in [6.07, 6.45) is 6.50. The second kappa shape index (κ2) is 14.5. The number of carbonyl (C=O) groups is 2. The van der Waals surface area contributed by atoms with Crippen LogP contribution in [-0.2, 0) is 0 Å². The fraction of sp³-hybridized carbons (Fsp3) is 0.345. The Hall–Kier alpha value is -3.87. The fourth-order valence-electron chi connectivity index (χ4n) is 3.27. The third-order valence-electron chi connectivity index (χ3n) is 5.27. The molecule has 0 aliphatic carbocycles. The van der Waals surface area contributed by atoms with Gasteiger partial charge in [-0.15, -0.1) is 0 Å². The average Bonchev–Trinajstić information content (AvgIpc) is 2.91. The zero-order valence-corrected chi connectivity index (χ0v) is 20.9. The van der Waals surface area contributed by atoms with Crippen molar-refractivity contribution in [3.05, 3.63) is 78.1 Å². The minimum atomic E-state index is -0.675. The molecule has 7 nitrogen and oxygen atoms in total. The molecule has 3 aromatic rings. The first-order valence-corrected chi connectivity index (χ1v) is 12.5. The van der Waals surface area contributed by atoms with E-state index in [4.69, 9.17) is 18.9 Å². The van der Waals surface area contributed by atoms with Crippen molar-refractivity contribution in [2.45, 2.75) is 52.4 Å². The molecule has 36 heavy (non-hydrogen) atoms. The molecule has 1 heterocycles. The molecule has 0 saturated heterocycles. The molecule has 0 radical (unpaired) electrons. The highest BCUT2D eigenvalue weighted by Gasteiger charge is 2.16. The van der Waals surface area contributed by atoms with Crippen LogP contribution in [-0.4, -0.2) is 30.1 Å². The zero-order chi connectivity index (χ0) is 25.6. The second-order valence-electron chi connectivity index (χ2n) is 8.24. The van der Waals surface area contributed by atoms with Crippen molar-refractivity contribution in [1.29, 1.82) is 0 Å². The summed E-state index contributed by atoms with van der Waals surface area (Å²) in [6, 6.07) is 18.1. The lowest BCUT2D eigenvalue weighted by molar-refractivity contribution is 0.0722. The molecule has 0 N–H and O–H groups in total. The molecule has 0 aliphatic heterocycles. The number of hydrogen-bond acceptors (Lipinski definition) is 7. The number of carbonyl (C=O) groups excluding carboxylic acids is 2. The van der Waals surface area contributed by atoms with Crippen LogP contribution in [0, 0.1) is 0 Å². The van der Waals surface area contributed by atoms with Gasteiger partial charge in [-0.25, -0.2) is 14.6 Å². The van der Waals surface area contributed by atoms with Crippen molar-refractivity contribution in [2.75, 3.05) is 13.2 Å². The Morgan fingerprint density at radius 1 is 0.583 bits per heavy atom. The van der Waals surface area contributed by atoms with E-state index in [1.54, 1.807) is 54.6 Å². The summed E-state index contributed by atoms with van der Waals surface area (Å²) in [5.74, 6) is 0.784. The smallest absolute Gasteiger partial charge is 0.362 e. The molecule has 0 atom stereocenters. The van der Waals surface area contributed by atoms with E-state index >= 15 is 0 Å². The van der Waals surface area contributed by atoms with Crippen LogP contribution in [0.15, 0.2) is 66.7 Å². The van der Waals surface area contributed by atoms with Crippen molar-refractivity contribution >= 4 is 11.9 Å². The molecule has 0 amide bonds. The van der Waals surface area contributed by atoms with E-state index in [1.165, 1.54) is 12.1 Å². The van der Waals surface area contributed by atoms with Gasteiger partial charge >= 0.3 is 11.9 Å². The molecule has 190 valence electrons. The summed E-state index contributed by atoms with van der Waals surface area (Å²) in [5.41, 5.74) is 0.000314. The van der Waals surface area contributed by atoms with E-state index in [0.717, 1.165) is 38.5 Å². The number of unbranched alkanes of at least 4 members (excludes halogenated alkanes) is 4. The van der Waals surface area contributed by atoms with Crippen molar-refractivity contribution in [3.63, 3.8) is 0 Å². The van der Waals surface area contributed by atoms with Crippen LogP contribution in [0.4, 0.5) is 0 Å². The van der Waals surface area contributed by atoms with Gasteiger partial charge in [0.15, 0.2) is 0 Å². The highest BCUT2D eigenvalue weighted by molar-refractivity contribution is 5.93. The van der Waals surface area contributed by atoms with Crippen molar-refractivity contribution in [2.24, 2.45) is 0 Å². The monoisotopic (exact) mass is 491 g/mol. The minimum Gasteiger partial charge on any atom is -0.494 e. The van der Waals surface area contributed by atoms with Crippen LogP contribution < -0.4 is 18.9 Å². The zero-order valence-electron chi connectivity index (χ0n) is 20.9. The standard InChI is InChI=1S/C29H33NO6/c1-3-5-7-20-33-22-12-16-24(17-13-22)35-28(31)26-10-9-11-27(30-26)29(32)36-25-18-14-23(15-19-25)34-21-8-6-4-2/h9-19H,3-8,20-21H2,1-2H3. The van der Waals surface area contributed by atoms with Gasteiger partial charge < -0.3 is 18.9 Å². The van der Waals surface area contributed by atoms with Gasteiger partial charge in [0.1, 0.15) is 34.4 Å². The third kappa shape index (κ3) is 8.73. The molecule has 0 fully saturated rings. The summed E-state index contributed by atoms with van der Waals surface area (Å²) < 4.78 is 22.1. The number of rotatable bonds is 14. The Morgan fingerprint density at radius 2 is 0.972 bits per heavy atom. The van der Waals surface area contributed by atoms with Crippen LogP contribution in [0.25, 0.3) is 0 Å². The maximum absolute atomic E-state index is 12.6. The molecule has 3 rings (SSSR count). The van der Waals surface area contributed by atoms with Crippen molar-refractivity contribution in [3.8, 4) is 23.0 Å². The van der Waals surface area contributed by atoms with Gasteiger partial charge in [-0.3, -0.25) is 0 Å². The van der Waals surface area contributed by atoms with Crippen molar-refractivity contribution in [1.82, 2.24) is 4.98 Å². The number of esters is 2. The van der Waals surface area contributed by atoms with Gasteiger partial charge in [-0.1, -0.05) is 45.6 Å². The lowest BCUT2D eigenvalue weighted by Crippen LogP contribution is -2.15. The number of hydrogen-bond donors (Lipinski definition) is 0. The first-order valence-electron chi connectivity index (χ1n) is 12.5. The molecule has 0 aliphatic rings. The number of aromatic nitrogens is 1. The molecular weight excluding hydrogens is 458 g/mol. The Bertz CT molecular complexity index is 1010. The first-order chi connectivity index (χ1) is 17.6. The van der Waals surface area contributed by atoms with Crippen LogP contribution >= 0.6 is 0 Å². The Morgan fingerprint density at radius 3 is 1.36 bits per heavy atom. The third-order valence-corrected chi connectivity index (χ3v) is 5.27. The maximum atomic E-state index is 12.6. The minimum absolute atomic E-state index is 0.000157. The summed E-state index contributed by atoms with van der Waals surface area (Å²) in [4.78, 5) is 29.2. The van der Waals surface area contributed by atoms with E-state index in [2.05, 4.69) is 18.8 Å². The summed E-state index contributed by atoms with van der Waals surface area (Å²) in [7, 11) is 0. The van der Waals surface area contributed by atoms with Crippen molar-refractivity contribution < 1.29 is 28.5 Å². The molecule has 0 bridgehead atoms. The Kier molecular flexibility index (Phi) is 10.8. The van der Waals surface area contributed by atoms with E-state index in [9.17, 15) is 9.59 Å². The highest BCUT2D eigenvalue weighted by atomic mass is 16.5. The highest BCUT2D eigenvalue weighted by Crippen LogP contribution is 2.20. The number of nitrogens with zero attached hydrogens (tertiary/aromatic N) is 1. The maximum Gasteiger partial charge on any atom is 0.362 e. The summed E-state index contributed by atoms with van der Waals surface area (Å²) in [5, 5.41) is 0. The molecule has 7 heteroatoms. The quantitative estimate of drug-likeness (QED) is 0.142. The summed E-state index contributed by atoms with van der Waals surface area (Å²) >= 11 is 0. The molecule has 0 unspecified atom stereocenters. The SMILES string of the molecule is CCCCCOc1ccc(OC(=O)c2cccc(C(=O)Oc3ccc(OCCCCC)cc3)n2)cc1. The molecule has 0 spiro atoms. The number of ether oxygens (including phenoxy) is 4. The average molecular weight is 492 g/mol. The lowest BCUT2D eigenvalue weighted by atomic mass is 10.2. The van der Waals surface area contributed by atoms with Gasteiger partial charge in [-0.05, 0) is 73.5 Å². The first kappa shape index (κ1) is 26.7. The number of benzene rings is 2. The molecule has 2 aromatic carbocycles. The largest absolute Gasteiger partial charge is 0.494 e. The van der Waals surface area contributed by atoms with E-state index in [0.29, 0.717) is 36.2 Å². The van der Waals surface area contributed by atoms with E-state index in [-0.39, 0.29) is 11.4 Å². The van der Waals surface area contributed by atoms with Gasteiger partial charge in [0, 0.05) is 0 Å². The fourth-order valence-corrected chi connectivity index (χ4v) is 3.27. The predicted molar refractivity (Wildman–Crippen MR) is 137 cm³/mol. The Labute approximate surface area is 212 Å². The molecular formula is C29H33NO6. The predicted octanol–water partition coefficient (Wildman–Crippen LogP) is 6.66. The van der Waals surface area contributed by atoms with Gasteiger partial charge in [-0.2, -0.15) is 0 Å². The van der Waals surface area contributed by atoms with E-state index in [1.807, 2.05) is 0 Å². The molecule has 1 aromatic heterocycles. The second-order valence-corrected chi connectivity index (χ2v) is 8.24. The van der Waals surface area contributed by atoms with Crippen LogP contribution in [0.1, 0.15) is 73.3 Å². The normalized spacial score (nSPS) is 10.5. The lowest BCUT2D eigenvalue weighted by Gasteiger charge is -2.09. The molecule has 0 saturated carbocycles. The summed E-state index contributed by atoms with van der Waals surface area (Å²) in [6.45, 7) is 5.58. The van der Waals surface area contributed by atoms with Gasteiger partial charge in [0.2, 0.25) is 0 Å². The topological polar surface area (TPSA) is 84.0 Å².